The van der Waals surface area contributed by atoms with Gasteiger partial charge in [-0.2, -0.15) is 0 Å². The molecule has 0 fully saturated rings. The van der Waals surface area contributed by atoms with E-state index in [2.05, 4.69) is 44.7 Å². The number of amides is 2. The number of fused-ring (bicyclic) bond motifs is 1. The molecule has 5 N–H and O–H groups in total. The average Bonchev–Trinajstić information content (AvgIpc) is 2.99. The van der Waals surface area contributed by atoms with E-state index in [1.165, 1.54) is 6.33 Å². The summed E-state index contributed by atoms with van der Waals surface area (Å²) >= 11 is 0. The summed E-state index contributed by atoms with van der Waals surface area (Å²) in [7, 11) is 1.58. The third-order valence-electron chi connectivity index (χ3n) is 6.89. The number of carbonyl (C=O) groups is 2. The third-order valence-corrected chi connectivity index (χ3v) is 6.89. The molecule has 41 heavy (non-hydrogen) atoms. The van der Waals surface area contributed by atoms with Gasteiger partial charge in [0.1, 0.15) is 17.9 Å². The van der Waals surface area contributed by atoms with Gasteiger partial charge in [-0.3, -0.25) is 9.59 Å². The van der Waals surface area contributed by atoms with Crippen LogP contribution in [0.15, 0.2) is 67.0 Å². The zero-order chi connectivity index (χ0) is 29.2. The van der Waals surface area contributed by atoms with E-state index in [0.29, 0.717) is 52.4 Å². The van der Waals surface area contributed by atoms with Crippen LogP contribution < -0.4 is 26.4 Å². The topological polar surface area (TPSA) is 134 Å². The minimum absolute atomic E-state index is 0.211. The number of aromatic nitrogens is 2. The number of nitrogens with one attached hydrogen (secondary N) is 3. The van der Waals surface area contributed by atoms with Crippen molar-refractivity contribution in [2.75, 3.05) is 43.9 Å². The second-order valence-electron chi connectivity index (χ2n) is 9.57. The highest BCUT2D eigenvalue weighted by atomic mass is 16.5. The standard InChI is InChI=1S/C31H37N7O3/c1-4-38(5-2)14-13-33-18-22-16-26(29(32)39)28-27(17-22)30(36-20-35-28)34-19-21-7-6-8-24(15-21)37-31(40)23-9-11-25(41-3)12-10-23/h6-12,15-17,20,33H,4-5,13-14,18-19H2,1-3H3,(H2,32,39)(H,37,40)(H,34,35,36). The number of primary amides is 1. The van der Waals surface area contributed by atoms with Crippen LogP contribution in [0.5, 0.6) is 5.75 Å². The van der Waals surface area contributed by atoms with Crippen molar-refractivity contribution in [2.24, 2.45) is 5.73 Å². The minimum atomic E-state index is -0.537. The van der Waals surface area contributed by atoms with Crippen LogP contribution in [0.1, 0.15) is 45.7 Å². The Labute approximate surface area is 240 Å². The predicted molar refractivity (Wildman–Crippen MR) is 162 cm³/mol. The molecule has 10 heteroatoms. The highest BCUT2D eigenvalue weighted by molar-refractivity contribution is 6.07. The number of ether oxygens (including phenoxy) is 1. The van der Waals surface area contributed by atoms with E-state index in [9.17, 15) is 9.59 Å². The first-order chi connectivity index (χ1) is 19.9. The van der Waals surface area contributed by atoms with E-state index >= 15 is 0 Å². The summed E-state index contributed by atoms with van der Waals surface area (Å²) in [5, 5.41) is 10.5. The van der Waals surface area contributed by atoms with Crippen molar-refractivity contribution >= 4 is 34.2 Å². The number of nitrogens with two attached hydrogens (primary N) is 1. The van der Waals surface area contributed by atoms with E-state index in [0.717, 1.165) is 37.3 Å². The summed E-state index contributed by atoms with van der Waals surface area (Å²) < 4.78 is 5.16. The largest absolute Gasteiger partial charge is 0.497 e. The Morgan fingerprint density at radius 2 is 1.73 bits per heavy atom. The molecular formula is C31H37N7O3. The quantitative estimate of drug-likeness (QED) is 0.171. The molecule has 0 unspecified atom stereocenters. The number of nitrogens with zero attached hydrogens (tertiary/aromatic N) is 3. The van der Waals surface area contributed by atoms with Crippen LogP contribution in [-0.4, -0.2) is 60.0 Å². The van der Waals surface area contributed by atoms with Gasteiger partial charge in [-0.05, 0) is 72.7 Å². The zero-order valence-corrected chi connectivity index (χ0v) is 23.7. The number of benzene rings is 3. The maximum Gasteiger partial charge on any atom is 0.255 e. The number of carbonyl (C=O) groups excluding carboxylic acids is 2. The van der Waals surface area contributed by atoms with Gasteiger partial charge in [0, 0.05) is 42.8 Å². The van der Waals surface area contributed by atoms with E-state index in [1.807, 2.05) is 30.3 Å². The first-order valence-electron chi connectivity index (χ1n) is 13.7. The normalized spacial score (nSPS) is 11.0. The monoisotopic (exact) mass is 555 g/mol. The van der Waals surface area contributed by atoms with E-state index in [-0.39, 0.29) is 5.91 Å². The number of hydrogen-bond acceptors (Lipinski definition) is 8. The predicted octanol–water partition coefficient (Wildman–Crippen LogP) is 4.03. The van der Waals surface area contributed by atoms with E-state index in [4.69, 9.17) is 10.5 Å². The smallest absolute Gasteiger partial charge is 0.255 e. The fourth-order valence-corrected chi connectivity index (χ4v) is 4.56. The number of likely N-dealkylation sites (N-methyl/N-ethyl adjacent to an activating group) is 1. The van der Waals surface area contributed by atoms with Crippen LogP contribution in [0.3, 0.4) is 0 Å². The molecule has 0 aliphatic carbocycles. The lowest BCUT2D eigenvalue weighted by molar-refractivity contribution is 0.0998. The van der Waals surface area contributed by atoms with Crippen LogP contribution in [0.25, 0.3) is 10.9 Å². The summed E-state index contributed by atoms with van der Waals surface area (Å²) in [4.78, 5) is 36.1. The van der Waals surface area contributed by atoms with Gasteiger partial charge in [0.2, 0.25) is 0 Å². The molecule has 0 spiro atoms. The Hall–Kier alpha value is -4.54. The summed E-state index contributed by atoms with van der Waals surface area (Å²) in [6.45, 7) is 9.10. The van der Waals surface area contributed by atoms with Crippen LogP contribution in [0, 0.1) is 0 Å². The summed E-state index contributed by atoms with van der Waals surface area (Å²) in [5.41, 5.74) is 9.65. The van der Waals surface area contributed by atoms with Crippen molar-refractivity contribution in [3.63, 3.8) is 0 Å². The van der Waals surface area contributed by atoms with Crippen molar-refractivity contribution in [2.45, 2.75) is 26.9 Å². The Balaban J connectivity index is 1.47. The summed E-state index contributed by atoms with van der Waals surface area (Å²) in [5.74, 6) is 0.533. The molecule has 1 heterocycles. The Bertz CT molecular complexity index is 1490. The first kappa shape index (κ1) is 29.4. The van der Waals surface area contributed by atoms with Crippen LogP contribution in [0.2, 0.25) is 0 Å². The zero-order valence-electron chi connectivity index (χ0n) is 23.7. The van der Waals surface area contributed by atoms with Crippen LogP contribution in [0.4, 0.5) is 11.5 Å². The average molecular weight is 556 g/mol. The van der Waals surface area contributed by atoms with Gasteiger partial charge in [0.05, 0.1) is 18.2 Å². The molecule has 0 aliphatic rings. The Kier molecular flexibility index (Phi) is 10.2. The molecule has 2 amide bonds. The van der Waals surface area contributed by atoms with Gasteiger partial charge in [0.25, 0.3) is 11.8 Å². The molecule has 4 rings (SSSR count). The maximum absolute atomic E-state index is 12.7. The maximum atomic E-state index is 12.7. The molecule has 10 nitrogen and oxygen atoms in total. The van der Waals surface area contributed by atoms with Gasteiger partial charge in [-0.15, -0.1) is 0 Å². The fourth-order valence-electron chi connectivity index (χ4n) is 4.56. The first-order valence-corrected chi connectivity index (χ1v) is 13.7. The highest BCUT2D eigenvalue weighted by Gasteiger charge is 2.14. The van der Waals surface area contributed by atoms with Crippen molar-refractivity contribution in [3.05, 3.63) is 89.2 Å². The molecule has 3 aromatic carbocycles. The molecule has 214 valence electrons. The highest BCUT2D eigenvalue weighted by Crippen LogP contribution is 2.25. The Morgan fingerprint density at radius 3 is 2.44 bits per heavy atom. The molecule has 0 saturated carbocycles. The SMILES string of the molecule is CCN(CC)CCNCc1cc(C(N)=O)c2ncnc(NCc3cccc(NC(=O)c4ccc(OC)cc4)c3)c2c1. The molecule has 1 aromatic heterocycles. The fraction of sp³-hybridized carbons (Fsp3) is 0.290. The third kappa shape index (κ3) is 7.77. The number of rotatable bonds is 14. The van der Waals surface area contributed by atoms with E-state index in [1.54, 1.807) is 37.4 Å². The van der Waals surface area contributed by atoms with Gasteiger partial charge < -0.3 is 31.3 Å². The second kappa shape index (κ2) is 14.2. The lowest BCUT2D eigenvalue weighted by Crippen LogP contribution is -2.31. The van der Waals surface area contributed by atoms with Gasteiger partial charge >= 0.3 is 0 Å². The minimum Gasteiger partial charge on any atom is -0.497 e. The molecule has 0 aliphatic heterocycles. The number of anilines is 2. The summed E-state index contributed by atoms with van der Waals surface area (Å²) in [6, 6.07) is 18.3. The molecule has 4 aromatic rings. The van der Waals surface area contributed by atoms with Gasteiger partial charge in [-0.1, -0.05) is 26.0 Å². The molecule has 0 atom stereocenters. The number of hydrogen-bond donors (Lipinski definition) is 4. The van der Waals surface area contributed by atoms with Gasteiger partial charge in [0.15, 0.2) is 0 Å². The van der Waals surface area contributed by atoms with Crippen molar-refractivity contribution < 1.29 is 14.3 Å². The van der Waals surface area contributed by atoms with Crippen molar-refractivity contribution in [3.8, 4) is 5.75 Å². The Morgan fingerprint density at radius 1 is 0.951 bits per heavy atom. The lowest BCUT2D eigenvalue weighted by atomic mass is 10.0. The van der Waals surface area contributed by atoms with E-state index < -0.39 is 5.91 Å². The molecule has 0 saturated heterocycles. The second-order valence-corrected chi connectivity index (χ2v) is 9.57. The van der Waals surface area contributed by atoms with Crippen LogP contribution in [-0.2, 0) is 13.1 Å². The van der Waals surface area contributed by atoms with Crippen molar-refractivity contribution in [1.29, 1.82) is 0 Å². The molecule has 0 radical (unpaired) electrons. The van der Waals surface area contributed by atoms with Crippen LogP contribution >= 0.6 is 0 Å². The molecule has 0 bridgehead atoms. The molecular weight excluding hydrogens is 518 g/mol. The van der Waals surface area contributed by atoms with Crippen molar-refractivity contribution in [1.82, 2.24) is 20.2 Å². The number of methoxy groups -OCH3 is 1. The summed E-state index contributed by atoms with van der Waals surface area (Å²) in [6.07, 6.45) is 1.42. The van der Waals surface area contributed by atoms with Gasteiger partial charge in [-0.25, -0.2) is 9.97 Å². The lowest BCUT2D eigenvalue weighted by Gasteiger charge is -2.18.